The lowest BCUT2D eigenvalue weighted by atomic mass is 9.92. The second kappa shape index (κ2) is 7.90. The van der Waals surface area contributed by atoms with Gasteiger partial charge in [-0.3, -0.25) is 9.59 Å². The normalized spacial score (nSPS) is 13.6. The molecule has 0 atom stereocenters. The van der Waals surface area contributed by atoms with Gasteiger partial charge in [-0.15, -0.1) is 0 Å². The van der Waals surface area contributed by atoms with Gasteiger partial charge in [0, 0.05) is 43.5 Å². The molecule has 138 valence electrons. The second-order valence-corrected chi connectivity index (χ2v) is 7.13. The lowest BCUT2D eigenvalue weighted by molar-refractivity contribution is -0.128. The number of aryl methyl sites for hydroxylation is 1. The van der Waals surface area contributed by atoms with E-state index >= 15 is 0 Å². The number of carbonyl (C=O) groups is 2. The van der Waals surface area contributed by atoms with Crippen molar-refractivity contribution >= 4 is 11.7 Å². The highest BCUT2D eigenvalue weighted by Gasteiger charge is 2.29. The molecule has 0 unspecified atom stereocenters. The van der Waals surface area contributed by atoms with Crippen LogP contribution in [0.3, 0.4) is 0 Å². The monoisotopic (exact) mass is 352 g/mol. The van der Waals surface area contributed by atoms with E-state index in [2.05, 4.69) is 35.8 Å². The van der Waals surface area contributed by atoms with Gasteiger partial charge in [0.1, 0.15) is 0 Å². The van der Waals surface area contributed by atoms with Crippen LogP contribution in [-0.2, 0) is 30.6 Å². The van der Waals surface area contributed by atoms with E-state index in [9.17, 15) is 9.59 Å². The molecule has 4 nitrogen and oxygen atoms in total. The minimum Gasteiger partial charge on any atom is -0.348 e. The van der Waals surface area contributed by atoms with E-state index in [1.807, 2.05) is 20.0 Å². The molecule has 1 aliphatic carbocycles. The lowest BCUT2D eigenvalue weighted by Gasteiger charge is -2.16. The van der Waals surface area contributed by atoms with Gasteiger partial charge in [-0.25, -0.2) is 0 Å². The maximum Gasteiger partial charge on any atom is 0.226 e. The molecule has 1 aliphatic rings. The number of likely N-dealkylation sites (N-methyl/N-ethyl adjacent to an activating group) is 1. The second-order valence-electron chi connectivity index (χ2n) is 7.13. The van der Waals surface area contributed by atoms with E-state index in [0.717, 1.165) is 48.3 Å². The van der Waals surface area contributed by atoms with Gasteiger partial charge in [-0.2, -0.15) is 0 Å². The Balaban J connectivity index is 1.93. The summed E-state index contributed by atoms with van der Waals surface area (Å²) in [7, 11) is 1.82. The van der Waals surface area contributed by atoms with Crippen LogP contribution in [0.4, 0.5) is 0 Å². The molecule has 1 amide bonds. The molecule has 0 bridgehead atoms. The first kappa shape index (κ1) is 18.4. The molecule has 4 heteroatoms. The predicted molar refractivity (Wildman–Crippen MR) is 104 cm³/mol. The molecule has 0 saturated heterocycles. The summed E-state index contributed by atoms with van der Waals surface area (Å²) in [6, 6.07) is 10.4. The first-order valence-corrected chi connectivity index (χ1v) is 9.54. The number of aromatic nitrogens is 1. The fraction of sp³-hybridized carbons (Fsp3) is 0.455. The highest BCUT2D eigenvalue weighted by molar-refractivity contribution is 6.01. The zero-order valence-electron chi connectivity index (χ0n) is 16.0. The SMILES string of the molecule is CCN(C)C(=O)Cc1c2c(n(CCc3ccccc3)c1C)CCCC2=O. The van der Waals surface area contributed by atoms with Crippen molar-refractivity contribution in [3.63, 3.8) is 0 Å². The third-order valence-electron chi connectivity index (χ3n) is 5.55. The molecular formula is C22H28N2O2. The van der Waals surface area contributed by atoms with E-state index in [1.54, 1.807) is 4.90 Å². The van der Waals surface area contributed by atoms with Crippen molar-refractivity contribution in [1.29, 1.82) is 0 Å². The van der Waals surface area contributed by atoms with E-state index in [0.29, 0.717) is 19.4 Å². The molecular weight excluding hydrogens is 324 g/mol. The molecule has 0 spiro atoms. The Hall–Kier alpha value is -2.36. The minimum absolute atomic E-state index is 0.0805. The molecule has 0 saturated carbocycles. The molecule has 1 heterocycles. The predicted octanol–water partition coefficient (Wildman–Crippen LogP) is 3.58. The third kappa shape index (κ3) is 3.59. The molecule has 0 fully saturated rings. The fourth-order valence-electron chi connectivity index (χ4n) is 3.85. The number of rotatable bonds is 6. The molecule has 0 N–H and O–H groups in total. The van der Waals surface area contributed by atoms with E-state index in [1.165, 1.54) is 5.56 Å². The number of carbonyl (C=O) groups excluding carboxylic acids is 2. The summed E-state index contributed by atoms with van der Waals surface area (Å²) in [5.74, 6) is 0.284. The van der Waals surface area contributed by atoms with Crippen LogP contribution in [0.15, 0.2) is 30.3 Å². The van der Waals surface area contributed by atoms with Crippen LogP contribution in [0.5, 0.6) is 0 Å². The highest BCUT2D eigenvalue weighted by Crippen LogP contribution is 2.31. The van der Waals surface area contributed by atoms with Crippen molar-refractivity contribution in [2.75, 3.05) is 13.6 Å². The van der Waals surface area contributed by atoms with Crippen LogP contribution >= 0.6 is 0 Å². The molecule has 3 rings (SSSR count). The van der Waals surface area contributed by atoms with Gasteiger partial charge in [0.2, 0.25) is 5.91 Å². The van der Waals surface area contributed by atoms with Gasteiger partial charge in [0.05, 0.1) is 6.42 Å². The standard InChI is InChI=1S/C22H28N2O2/c1-4-23(3)21(26)15-18-16(2)24(14-13-17-9-6-5-7-10-17)19-11-8-12-20(25)22(18)19/h5-7,9-10H,4,8,11-15H2,1-3H3. The van der Waals surface area contributed by atoms with Crippen LogP contribution in [0, 0.1) is 6.92 Å². The summed E-state index contributed by atoms with van der Waals surface area (Å²) in [5.41, 5.74) is 5.29. The summed E-state index contributed by atoms with van der Waals surface area (Å²) in [5, 5.41) is 0. The first-order valence-electron chi connectivity index (χ1n) is 9.54. The maximum atomic E-state index is 12.6. The van der Waals surface area contributed by atoms with Crippen molar-refractivity contribution in [1.82, 2.24) is 9.47 Å². The Morgan fingerprint density at radius 1 is 1.19 bits per heavy atom. The van der Waals surface area contributed by atoms with Crippen molar-refractivity contribution in [3.05, 3.63) is 58.4 Å². The van der Waals surface area contributed by atoms with Crippen LogP contribution in [0.2, 0.25) is 0 Å². The van der Waals surface area contributed by atoms with Gasteiger partial charge in [0.25, 0.3) is 0 Å². The van der Waals surface area contributed by atoms with Gasteiger partial charge >= 0.3 is 0 Å². The number of fused-ring (bicyclic) bond motifs is 1. The topological polar surface area (TPSA) is 42.3 Å². The minimum atomic E-state index is 0.0805. The van der Waals surface area contributed by atoms with Crippen LogP contribution in [0.25, 0.3) is 0 Å². The van der Waals surface area contributed by atoms with Crippen LogP contribution in [-0.4, -0.2) is 34.7 Å². The van der Waals surface area contributed by atoms with Gasteiger partial charge < -0.3 is 9.47 Å². The Morgan fingerprint density at radius 3 is 2.62 bits per heavy atom. The van der Waals surface area contributed by atoms with Crippen LogP contribution in [0.1, 0.15) is 52.6 Å². The van der Waals surface area contributed by atoms with Crippen molar-refractivity contribution in [2.45, 2.75) is 52.5 Å². The van der Waals surface area contributed by atoms with Crippen LogP contribution < -0.4 is 0 Å². The quantitative estimate of drug-likeness (QED) is 0.797. The Morgan fingerprint density at radius 2 is 1.92 bits per heavy atom. The fourth-order valence-corrected chi connectivity index (χ4v) is 3.85. The van der Waals surface area contributed by atoms with Gasteiger partial charge in [-0.1, -0.05) is 30.3 Å². The summed E-state index contributed by atoms with van der Waals surface area (Å²) in [4.78, 5) is 26.8. The molecule has 2 aromatic rings. The van der Waals surface area contributed by atoms with E-state index in [-0.39, 0.29) is 11.7 Å². The number of amides is 1. The average Bonchev–Trinajstić information content (AvgIpc) is 2.92. The Kier molecular flexibility index (Phi) is 5.60. The van der Waals surface area contributed by atoms with E-state index in [4.69, 9.17) is 0 Å². The number of Topliss-reactive ketones (excluding diaryl/α,β-unsaturated/α-hetero) is 1. The largest absolute Gasteiger partial charge is 0.348 e. The van der Waals surface area contributed by atoms with Crippen molar-refractivity contribution in [3.8, 4) is 0 Å². The zero-order valence-corrected chi connectivity index (χ0v) is 16.0. The van der Waals surface area contributed by atoms with E-state index < -0.39 is 0 Å². The average molecular weight is 352 g/mol. The molecule has 1 aromatic carbocycles. The lowest BCUT2D eigenvalue weighted by Crippen LogP contribution is -2.28. The van der Waals surface area contributed by atoms with Crippen molar-refractivity contribution in [2.24, 2.45) is 0 Å². The molecule has 1 aromatic heterocycles. The molecule has 0 aliphatic heterocycles. The number of nitrogens with zero attached hydrogens (tertiary/aromatic N) is 2. The zero-order chi connectivity index (χ0) is 18.7. The number of hydrogen-bond acceptors (Lipinski definition) is 2. The Labute approximate surface area is 155 Å². The number of ketones is 1. The van der Waals surface area contributed by atoms with Gasteiger partial charge in [-0.05, 0) is 44.2 Å². The summed E-state index contributed by atoms with van der Waals surface area (Å²) >= 11 is 0. The Bertz CT molecular complexity index is 805. The first-order chi connectivity index (χ1) is 12.5. The molecule has 26 heavy (non-hydrogen) atoms. The number of benzene rings is 1. The third-order valence-corrected chi connectivity index (χ3v) is 5.55. The highest BCUT2D eigenvalue weighted by atomic mass is 16.2. The summed E-state index contributed by atoms with van der Waals surface area (Å²) in [6.07, 6.45) is 3.68. The van der Waals surface area contributed by atoms with Gasteiger partial charge in [0.15, 0.2) is 5.78 Å². The summed E-state index contributed by atoms with van der Waals surface area (Å²) in [6.45, 7) is 5.56. The summed E-state index contributed by atoms with van der Waals surface area (Å²) < 4.78 is 2.29. The molecule has 0 radical (unpaired) electrons. The number of hydrogen-bond donors (Lipinski definition) is 0. The smallest absolute Gasteiger partial charge is 0.226 e. The van der Waals surface area contributed by atoms with Crippen molar-refractivity contribution < 1.29 is 9.59 Å². The maximum absolute atomic E-state index is 12.6.